The molecule has 3 N–H and O–H groups in total. The lowest BCUT2D eigenvalue weighted by Crippen LogP contribution is -2.23. The Hall–Kier alpha value is -2.41. The van der Waals surface area contributed by atoms with E-state index in [2.05, 4.69) is 20.3 Å². The number of anilines is 2. The summed E-state index contributed by atoms with van der Waals surface area (Å²) in [7, 11) is 1.77. The minimum Gasteiger partial charge on any atom is -0.378 e. The Balaban J connectivity index is 1.93. The number of benzene rings is 1. The molecule has 24 heavy (non-hydrogen) atoms. The van der Waals surface area contributed by atoms with E-state index in [1.807, 2.05) is 38.1 Å². The highest BCUT2D eigenvalue weighted by molar-refractivity contribution is 7.10. The van der Waals surface area contributed by atoms with Crippen LogP contribution in [0.4, 0.5) is 10.7 Å². The third kappa shape index (κ3) is 4.55. The number of hydrogen-bond donors (Lipinski definition) is 3. The largest absolute Gasteiger partial charge is 0.378 e. The zero-order chi connectivity index (χ0) is 17.5. The molecule has 1 heterocycles. The van der Waals surface area contributed by atoms with E-state index in [1.54, 1.807) is 7.05 Å². The van der Waals surface area contributed by atoms with Crippen molar-refractivity contribution in [2.75, 3.05) is 17.7 Å². The second-order valence-corrected chi connectivity index (χ2v) is 6.17. The van der Waals surface area contributed by atoms with Crippen LogP contribution in [-0.4, -0.2) is 23.2 Å². The summed E-state index contributed by atoms with van der Waals surface area (Å²) in [4.78, 5) is 23.9. The summed E-state index contributed by atoms with van der Waals surface area (Å²) in [5.41, 5.74) is 3.03. The predicted octanol–water partition coefficient (Wildman–Crippen LogP) is 3.16. The molecule has 0 spiro atoms. The van der Waals surface area contributed by atoms with Gasteiger partial charge in [-0.15, -0.1) is 0 Å². The lowest BCUT2D eigenvalue weighted by Gasteiger charge is -2.08. The van der Waals surface area contributed by atoms with Crippen LogP contribution in [0.25, 0.3) is 0 Å². The van der Waals surface area contributed by atoms with E-state index in [-0.39, 0.29) is 11.8 Å². The standard InChI is InChI=1S/C17H22N4O2S/c1-4-5-14(22)20-13-8-6-12(7-9-13)10-19-16(23)15-11(2)21-24-17(15)18-3/h6-9,18H,4-5,10H2,1-3H3,(H,19,23)(H,20,22). The van der Waals surface area contributed by atoms with Crippen molar-refractivity contribution in [2.45, 2.75) is 33.2 Å². The number of rotatable bonds is 7. The molecule has 1 aromatic carbocycles. The number of carbonyl (C=O) groups excluding carboxylic acids is 2. The van der Waals surface area contributed by atoms with Crippen molar-refractivity contribution in [1.29, 1.82) is 0 Å². The third-order valence-electron chi connectivity index (χ3n) is 3.48. The van der Waals surface area contributed by atoms with E-state index in [0.717, 1.165) is 28.4 Å². The van der Waals surface area contributed by atoms with Gasteiger partial charge in [0.25, 0.3) is 5.91 Å². The fourth-order valence-corrected chi connectivity index (χ4v) is 2.98. The molecule has 2 aromatic rings. The molecule has 0 saturated heterocycles. The maximum absolute atomic E-state index is 12.3. The molecule has 0 aliphatic heterocycles. The normalized spacial score (nSPS) is 10.3. The highest BCUT2D eigenvalue weighted by Crippen LogP contribution is 2.23. The van der Waals surface area contributed by atoms with Crippen LogP contribution in [0.15, 0.2) is 24.3 Å². The zero-order valence-corrected chi connectivity index (χ0v) is 14.9. The maximum Gasteiger partial charge on any atom is 0.256 e. The van der Waals surface area contributed by atoms with Gasteiger partial charge in [0.15, 0.2) is 0 Å². The van der Waals surface area contributed by atoms with Crippen molar-refractivity contribution in [3.8, 4) is 0 Å². The van der Waals surface area contributed by atoms with E-state index < -0.39 is 0 Å². The molecule has 128 valence electrons. The highest BCUT2D eigenvalue weighted by Gasteiger charge is 2.17. The van der Waals surface area contributed by atoms with Crippen molar-refractivity contribution in [2.24, 2.45) is 0 Å². The first kappa shape index (κ1) is 17.9. The van der Waals surface area contributed by atoms with E-state index in [1.165, 1.54) is 11.5 Å². The lowest BCUT2D eigenvalue weighted by molar-refractivity contribution is -0.116. The summed E-state index contributed by atoms with van der Waals surface area (Å²) < 4.78 is 4.20. The van der Waals surface area contributed by atoms with Gasteiger partial charge in [0, 0.05) is 25.7 Å². The summed E-state index contributed by atoms with van der Waals surface area (Å²) in [6.07, 6.45) is 1.33. The molecule has 7 heteroatoms. The van der Waals surface area contributed by atoms with Crippen LogP contribution in [0.1, 0.15) is 41.4 Å². The average Bonchev–Trinajstić information content (AvgIpc) is 2.95. The van der Waals surface area contributed by atoms with Gasteiger partial charge < -0.3 is 16.0 Å². The zero-order valence-electron chi connectivity index (χ0n) is 14.1. The molecule has 1 aromatic heterocycles. The highest BCUT2D eigenvalue weighted by atomic mass is 32.1. The number of carbonyl (C=O) groups is 2. The van der Waals surface area contributed by atoms with Gasteiger partial charge in [-0.3, -0.25) is 9.59 Å². The molecule has 0 unspecified atom stereocenters. The SMILES string of the molecule is CCCC(=O)Nc1ccc(CNC(=O)c2c(C)nsc2NC)cc1. The summed E-state index contributed by atoms with van der Waals surface area (Å²) in [6, 6.07) is 7.45. The first-order valence-corrected chi connectivity index (χ1v) is 8.63. The number of nitrogens with zero attached hydrogens (tertiary/aromatic N) is 1. The van der Waals surface area contributed by atoms with Gasteiger partial charge in [-0.25, -0.2) is 0 Å². The Labute approximate surface area is 145 Å². The Morgan fingerprint density at radius 2 is 1.92 bits per heavy atom. The van der Waals surface area contributed by atoms with Crippen LogP contribution in [0.5, 0.6) is 0 Å². The summed E-state index contributed by atoms with van der Waals surface area (Å²) in [6.45, 7) is 4.20. The molecule has 0 atom stereocenters. The average molecular weight is 346 g/mol. The van der Waals surface area contributed by atoms with Crippen molar-refractivity contribution in [3.63, 3.8) is 0 Å². The molecule has 0 radical (unpaired) electrons. The fourth-order valence-electron chi connectivity index (χ4n) is 2.23. The number of hydrogen-bond acceptors (Lipinski definition) is 5. The van der Waals surface area contributed by atoms with Gasteiger partial charge in [-0.05, 0) is 42.6 Å². The Morgan fingerprint density at radius 3 is 2.54 bits per heavy atom. The molecule has 2 amide bonds. The lowest BCUT2D eigenvalue weighted by atomic mass is 10.2. The smallest absolute Gasteiger partial charge is 0.256 e. The molecular formula is C17H22N4O2S. The molecule has 0 fully saturated rings. The van der Waals surface area contributed by atoms with Crippen molar-refractivity contribution >= 4 is 34.0 Å². The van der Waals surface area contributed by atoms with Crippen LogP contribution < -0.4 is 16.0 Å². The molecule has 0 aliphatic carbocycles. The number of aromatic nitrogens is 1. The topological polar surface area (TPSA) is 83.1 Å². The maximum atomic E-state index is 12.3. The first-order chi connectivity index (χ1) is 11.5. The Bertz CT molecular complexity index is 710. The Kier molecular flexibility index (Phi) is 6.31. The van der Waals surface area contributed by atoms with Crippen LogP contribution >= 0.6 is 11.5 Å². The van der Waals surface area contributed by atoms with Gasteiger partial charge in [0.05, 0.1) is 11.3 Å². The third-order valence-corrected chi connectivity index (χ3v) is 4.44. The second kappa shape index (κ2) is 8.44. The van der Waals surface area contributed by atoms with Gasteiger partial charge in [0.2, 0.25) is 5.91 Å². The van der Waals surface area contributed by atoms with E-state index in [4.69, 9.17) is 0 Å². The monoisotopic (exact) mass is 346 g/mol. The van der Waals surface area contributed by atoms with E-state index in [0.29, 0.717) is 18.5 Å². The van der Waals surface area contributed by atoms with Crippen LogP contribution in [-0.2, 0) is 11.3 Å². The Morgan fingerprint density at radius 1 is 1.21 bits per heavy atom. The number of amides is 2. The van der Waals surface area contributed by atoms with Crippen LogP contribution in [0.3, 0.4) is 0 Å². The van der Waals surface area contributed by atoms with Gasteiger partial charge in [0.1, 0.15) is 5.00 Å². The molecule has 0 bridgehead atoms. The first-order valence-electron chi connectivity index (χ1n) is 7.86. The van der Waals surface area contributed by atoms with Crippen molar-refractivity contribution in [3.05, 3.63) is 41.1 Å². The van der Waals surface area contributed by atoms with E-state index >= 15 is 0 Å². The molecular weight excluding hydrogens is 324 g/mol. The van der Waals surface area contributed by atoms with Crippen LogP contribution in [0, 0.1) is 6.92 Å². The summed E-state index contributed by atoms with van der Waals surface area (Å²) in [5, 5.41) is 9.49. The minimum atomic E-state index is -0.147. The molecule has 2 rings (SSSR count). The van der Waals surface area contributed by atoms with Crippen LogP contribution in [0.2, 0.25) is 0 Å². The summed E-state index contributed by atoms with van der Waals surface area (Å²) in [5.74, 6) is -0.135. The number of aryl methyl sites for hydroxylation is 1. The van der Waals surface area contributed by atoms with Gasteiger partial charge in [-0.1, -0.05) is 19.1 Å². The van der Waals surface area contributed by atoms with Gasteiger partial charge >= 0.3 is 0 Å². The molecule has 6 nitrogen and oxygen atoms in total. The second-order valence-electron chi connectivity index (χ2n) is 5.40. The van der Waals surface area contributed by atoms with Gasteiger partial charge in [-0.2, -0.15) is 4.37 Å². The van der Waals surface area contributed by atoms with Crippen molar-refractivity contribution in [1.82, 2.24) is 9.69 Å². The van der Waals surface area contributed by atoms with Crippen molar-refractivity contribution < 1.29 is 9.59 Å². The number of nitrogens with one attached hydrogen (secondary N) is 3. The predicted molar refractivity (Wildman–Crippen MR) is 97.5 cm³/mol. The molecule has 0 saturated carbocycles. The molecule has 0 aliphatic rings. The quantitative estimate of drug-likeness (QED) is 0.719. The van der Waals surface area contributed by atoms with E-state index in [9.17, 15) is 9.59 Å². The minimum absolute atomic E-state index is 0.0126. The fraction of sp³-hybridized carbons (Fsp3) is 0.353. The summed E-state index contributed by atoms with van der Waals surface area (Å²) >= 11 is 1.28.